The van der Waals surface area contributed by atoms with Crippen molar-refractivity contribution in [2.24, 2.45) is 5.92 Å². The highest BCUT2D eigenvalue weighted by Crippen LogP contribution is 2.23. The number of piperidine rings is 1. The van der Waals surface area contributed by atoms with Gasteiger partial charge >= 0.3 is 0 Å². The molecular weight excluding hydrogens is 290 g/mol. The molecule has 5 heteroatoms. The van der Waals surface area contributed by atoms with E-state index in [1.165, 1.54) is 10.9 Å². The number of benzene rings is 1. The number of aliphatic hydroxyl groups is 1. The number of aromatic amines is 1. The summed E-state index contributed by atoms with van der Waals surface area (Å²) in [4.78, 5) is 17.9. The maximum absolute atomic E-state index is 12.7. The minimum absolute atomic E-state index is 0.0606. The summed E-state index contributed by atoms with van der Waals surface area (Å²) in [5.41, 5.74) is 2.36. The Hall–Kier alpha value is -1.85. The van der Waals surface area contributed by atoms with E-state index >= 15 is 0 Å². The number of fused-ring (bicyclic) bond motifs is 1. The lowest BCUT2D eigenvalue weighted by atomic mass is 9.87. The number of aromatic nitrogens is 1. The first-order chi connectivity index (χ1) is 11.1. The number of aliphatic hydroxyl groups excluding tert-OH is 1. The van der Waals surface area contributed by atoms with Crippen molar-refractivity contribution in [3.8, 4) is 0 Å². The van der Waals surface area contributed by atoms with Crippen molar-refractivity contribution in [2.45, 2.75) is 31.9 Å². The van der Waals surface area contributed by atoms with Gasteiger partial charge in [-0.1, -0.05) is 18.2 Å². The van der Waals surface area contributed by atoms with E-state index in [0.29, 0.717) is 6.54 Å². The molecule has 2 heterocycles. The van der Waals surface area contributed by atoms with Gasteiger partial charge in [0.05, 0.1) is 12.0 Å². The van der Waals surface area contributed by atoms with E-state index in [-0.39, 0.29) is 17.9 Å². The standard InChI is InChI=1S/C18H25N3O2/c1-12(22)17-16(19-2)8-10-21(18(17)23)9-7-13-11-20-15-6-4-3-5-14(13)15/h3-6,11-12,16-17,19-20,22H,7-10H2,1-2H3/t12-,16+,17?/m1/s1. The highest BCUT2D eigenvalue weighted by Gasteiger charge is 2.38. The van der Waals surface area contributed by atoms with Crippen molar-refractivity contribution in [1.29, 1.82) is 0 Å². The first-order valence-corrected chi connectivity index (χ1v) is 8.31. The SMILES string of the molecule is CN[C@H]1CCN(CCc2c[nH]c3ccccc23)C(=O)C1[C@@H](C)O. The van der Waals surface area contributed by atoms with E-state index in [4.69, 9.17) is 0 Å². The maximum Gasteiger partial charge on any atom is 0.229 e. The van der Waals surface area contributed by atoms with Crippen LogP contribution in [0.1, 0.15) is 18.9 Å². The third-order valence-corrected chi connectivity index (χ3v) is 4.96. The Bertz CT molecular complexity index is 680. The monoisotopic (exact) mass is 315 g/mol. The number of nitrogens with one attached hydrogen (secondary N) is 2. The summed E-state index contributed by atoms with van der Waals surface area (Å²) in [6.45, 7) is 3.15. The number of hydrogen-bond donors (Lipinski definition) is 3. The molecule has 0 spiro atoms. The second-order valence-corrected chi connectivity index (χ2v) is 6.39. The fourth-order valence-electron chi connectivity index (χ4n) is 3.65. The van der Waals surface area contributed by atoms with Crippen molar-refractivity contribution in [3.05, 3.63) is 36.0 Å². The Morgan fingerprint density at radius 3 is 2.96 bits per heavy atom. The van der Waals surface area contributed by atoms with Gasteiger partial charge in [-0.25, -0.2) is 0 Å². The number of carbonyl (C=O) groups excluding carboxylic acids is 1. The predicted molar refractivity (Wildman–Crippen MR) is 91.2 cm³/mol. The van der Waals surface area contributed by atoms with Crippen LogP contribution in [0.15, 0.2) is 30.5 Å². The Morgan fingerprint density at radius 1 is 1.43 bits per heavy atom. The zero-order chi connectivity index (χ0) is 16.4. The summed E-state index contributed by atoms with van der Waals surface area (Å²) < 4.78 is 0. The Balaban J connectivity index is 1.69. The van der Waals surface area contributed by atoms with E-state index in [2.05, 4.69) is 22.4 Å². The van der Waals surface area contributed by atoms with E-state index in [1.54, 1.807) is 6.92 Å². The molecule has 0 bridgehead atoms. The predicted octanol–water partition coefficient (Wildman–Crippen LogP) is 1.53. The Labute approximate surface area is 136 Å². The summed E-state index contributed by atoms with van der Waals surface area (Å²) in [7, 11) is 1.86. The van der Waals surface area contributed by atoms with Gasteiger partial charge in [-0.3, -0.25) is 4.79 Å². The van der Waals surface area contributed by atoms with E-state index in [0.717, 1.165) is 24.9 Å². The molecule has 1 saturated heterocycles. The summed E-state index contributed by atoms with van der Waals surface area (Å²) in [6, 6.07) is 8.28. The minimum atomic E-state index is -0.629. The molecule has 1 unspecified atom stereocenters. The first-order valence-electron chi connectivity index (χ1n) is 8.31. The molecule has 2 aromatic rings. The van der Waals surface area contributed by atoms with Crippen LogP contribution in [-0.4, -0.2) is 53.2 Å². The lowest BCUT2D eigenvalue weighted by molar-refractivity contribution is -0.144. The zero-order valence-electron chi connectivity index (χ0n) is 13.7. The van der Waals surface area contributed by atoms with Crippen molar-refractivity contribution in [2.75, 3.05) is 20.1 Å². The van der Waals surface area contributed by atoms with E-state index < -0.39 is 6.10 Å². The molecule has 23 heavy (non-hydrogen) atoms. The molecule has 124 valence electrons. The summed E-state index contributed by atoms with van der Waals surface area (Å²) in [6.07, 6.45) is 3.11. The minimum Gasteiger partial charge on any atom is -0.393 e. The Kier molecular flexibility index (Phi) is 4.68. The molecule has 0 radical (unpaired) electrons. The van der Waals surface area contributed by atoms with E-state index in [1.807, 2.05) is 30.3 Å². The van der Waals surface area contributed by atoms with Crippen molar-refractivity contribution >= 4 is 16.8 Å². The summed E-state index contributed by atoms with van der Waals surface area (Å²) in [5, 5.41) is 14.4. The highest BCUT2D eigenvalue weighted by atomic mass is 16.3. The van der Waals surface area contributed by atoms with Gasteiger partial charge in [0.1, 0.15) is 0 Å². The maximum atomic E-state index is 12.7. The van der Waals surface area contributed by atoms with Crippen LogP contribution in [0.5, 0.6) is 0 Å². The summed E-state index contributed by atoms with van der Waals surface area (Å²) >= 11 is 0. The molecule has 1 aromatic heterocycles. The van der Waals surface area contributed by atoms with Crippen LogP contribution in [0.4, 0.5) is 0 Å². The molecule has 5 nitrogen and oxygen atoms in total. The Morgan fingerprint density at radius 2 is 2.22 bits per heavy atom. The molecule has 0 saturated carbocycles. The van der Waals surface area contributed by atoms with Gasteiger partial charge in [0.15, 0.2) is 0 Å². The molecule has 1 fully saturated rings. The fourth-order valence-corrected chi connectivity index (χ4v) is 3.65. The van der Waals surface area contributed by atoms with Crippen LogP contribution in [0.2, 0.25) is 0 Å². The average Bonchev–Trinajstić information content (AvgIpc) is 2.96. The van der Waals surface area contributed by atoms with Gasteiger partial charge in [0, 0.05) is 36.2 Å². The molecular formula is C18H25N3O2. The number of hydrogen-bond acceptors (Lipinski definition) is 3. The molecule has 1 amide bonds. The number of likely N-dealkylation sites (tertiary alicyclic amines) is 1. The lowest BCUT2D eigenvalue weighted by Crippen LogP contribution is -2.55. The number of carbonyl (C=O) groups is 1. The second kappa shape index (κ2) is 6.72. The quantitative estimate of drug-likeness (QED) is 0.784. The van der Waals surface area contributed by atoms with E-state index in [9.17, 15) is 9.90 Å². The third kappa shape index (κ3) is 3.12. The number of para-hydroxylation sites is 1. The third-order valence-electron chi connectivity index (χ3n) is 4.96. The molecule has 1 aliphatic heterocycles. The van der Waals surface area contributed by atoms with Gasteiger partial charge in [0.2, 0.25) is 5.91 Å². The molecule has 1 aliphatic rings. The molecule has 3 atom stereocenters. The molecule has 3 N–H and O–H groups in total. The van der Waals surface area contributed by atoms with Crippen LogP contribution in [0, 0.1) is 5.92 Å². The van der Waals surface area contributed by atoms with Crippen LogP contribution in [0.3, 0.4) is 0 Å². The van der Waals surface area contributed by atoms with Gasteiger partial charge in [-0.2, -0.15) is 0 Å². The molecule has 0 aliphatic carbocycles. The van der Waals surface area contributed by atoms with Crippen LogP contribution < -0.4 is 5.32 Å². The lowest BCUT2D eigenvalue weighted by Gasteiger charge is -2.39. The molecule has 1 aromatic carbocycles. The van der Waals surface area contributed by atoms with Crippen molar-refractivity contribution in [3.63, 3.8) is 0 Å². The molecule has 3 rings (SSSR count). The smallest absolute Gasteiger partial charge is 0.229 e. The number of H-pyrrole nitrogens is 1. The highest BCUT2D eigenvalue weighted by molar-refractivity contribution is 5.83. The second-order valence-electron chi connectivity index (χ2n) is 6.39. The van der Waals surface area contributed by atoms with Gasteiger partial charge in [-0.15, -0.1) is 0 Å². The van der Waals surface area contributed by atoms with Crippen molar-refractivity contribution in [1.82, 2.24) is 15.2 Å². The average molecular weight is 315 g/mol. The van der Waals surface area contributed by atoms with Crippen LogP contribution in [0.25, 0.3) is 10.9 Å². The van der Waals surface area contributed by atoms with Gasteiger partial charge < -0.3 is 20.3 Å². The van der Waals surface area contributed by atoms with Crippen molar-refractivity contribution < 1.29 is 9.90 Å². The normalized spacial score (nSPS) is 23.4. The largest absolute Gasteiger partial charge is 0.393 e. The van der Waals surface area contributed by atoms with Crippen LogP contribution in [-0.2, 0) is 11.2 Å². The fraction of sp³-hybridized carbons (Fsp3) is 0.500. The van der Waals surface area contributed by atoms with Gasteiger partial charge in [-0.05, 0) is 38.4 Å². The topological polar surface area (TPSA) is 68.4 Å². The number of nitrogens with zero attached hydrogens (tertiary/aromatic N) is 1. The van der Waals surface area contributed by atoms with Crippen LogP contribution >= 0.6 is 0 Å². The zero-order valence-corrected chi connectivity index (χ0v) is 13.7. The summed E-state index contributed by atoms with van der Waals surface area (Å²) in [5.74, 6) is -0.290. The van der Waals surface area contributed by atoms with Gasteiger partial charge in [0.25, 0.3) is 0 Å². The number of rotatable bonds is 5. The number of amides is 1. The first kappa shape index (κ1) is 16.0.